The molecule has 0 aromatic heterocycles. The number of ether oxygens (including phenoxy) is 2. The molecule has 13 amide bonds. The van der Waals surface area contributed by atoms with E-state index in [9.17, 15) is 32.7 Å². The van der Waals surface area contributed by atoms with Crippen LogP contribution in [0.25, 0.3) is 0 Å². The van der Waals surface area contributed by atoms with Gasteiger partial charge in [0, 0.05) is 67.7 Å². The van der Waals surface area contributed by atoms with E-state index in [0.29, 0.717) is 50.8 Å². The summed E-state index contributed by atoms with van der Waals surface area (Å²) in [6.07, 6.45) is 1.13. The van der Waals surface area contributed by atoms with Gasteiger partial charge in [-0.15, -0.1) is 0 Å². The molecule has 2 aliphatic rings. The van der Waals surface area contributed by atoms with Gasteiger partial charge in [0.05, 0.1) is 50.2 Å². The molecule has 111 heavy (non-hydrogen) atoms. The summed E-state index contributed by atoms with van der Waals surface area (Å²) in [7, 11) is 3.96. The molecule has 31 nitrogen and oxygen atoms in total. The van der Waals surface area contributed by atoms with Crippen LogP contribution in [0.15, 0.2) is 48.5 Å². The Morgan fingerprint density at radius 2 is 1.13 bits per heavy atom. The second-order valence-electron chi connectivity index (χ2n) is 32.0. The Kier molecular flexibility index (Phi) is 36.9. The number of unbranched alkanes of at least 4 members (excludes halogenated alkanes) is 1. The predicted molar refractivity (Wildman–Crippen MR) is 419 cm³/mol. The summed E-state index contributed by atoms with van der Waals surface area (Å²) >= 11 is 0. The molecule has 622 valence electrons. The van der Waals surface area contributed by atoms with Crippen molar-refractivity contribution in [2.45, 2.75) is 246 Å². The lowest BCUT2D eigenvalue weighted by Crippen LogP contribution is -2.62. The van der Waals surface area contributed by atoms with Crippen molar-refractivity contribution >= 4 is 86.8 Å². The van der Waals surface area contributed by atoms with Gasteiger partial charge in [-0.25, -0.2) is 13.1 Å². The molecule has 0 spiro atoms. The minimum absolute atomic E-state index is 0.0381. The van der Waals surface area contributed by atoms with Gasteiger partial charge in [0.25, 0.3) is 5.91 Å². The predicted octanol–water partition coefficient (Wildman–Crippen LogP) is 3.17. The van der Waals surface area contributed by atoms with Crippen molar-refractivity contribution < 1.29 is 85.3 Å². The van der Waals surface area contributed by atoms with Crippen molar-refractivity contribution in [2.24, 2.45) is 23.7 Å². The highest BCUT2D eigenvalue weighted by Crippen LogP contribution is 2.27. The molecule has 32 heteroatoms. The SMILES string of the molecule is CCCCN1CC(=O)N(C)[C@@H](CC(C)C)C(=O)N[C@@H](COC(C)(C)C)C(=O)N(C)[C@@H]([C@@H](C)CC)C(=O)N(C)[C@@H](CC(C)C)C(=O)N[C@H](C(=O)N2CCCCC2)CC(=O)NC(C)C(=O)N(C)[C@@H](Cc2ccccc2)C(=O)N[C@@H](Cc2ccc(C(=O)NS(C)(=O)=O)c(OC)c2)C(=O)N(C)[C@@H](CC(C)C)C(=O)N[C@@H]([C@@H](C)O)C1=O. The lowest BCUT2D eigenvalue weighted by Gasteiger charge is -2.39. The second-order valence-corrected chi connectivity index (χ2v) is 33.8. The van der Waals surface area contributed by atoms with Crippen molar-refractivity contribution in [3.63, 3.8) is 0 Å². The topological polar surface area (TPSA) is 390 Å². The number of benzene rings is 2. The van der Waals surface area contributed by atoms with Crippen LogP contribution >= 0.6 is 0 Å². The summed E-state index contributed by atoms with van der Waals surface area (Å²) in [4.78, 5) is 204. The zero-order valence-electron chi connectivity index (χ0n) is 69.2. The number of carbonyl (C=O) groups is 13. The normalized spacial score (nSPS) is 24.1. The van der Waals surface area contributed by atoms with Gasteiger partial charge in [-0.05, 0) is 126 Å². The average Bonchev–Trinajstić information content (AvgIpc) is 0.810. The van der Waals surface area contributed by atoms with Gasteiger partial charge in [0.1, 0.15) is 66.2 Å². The maximum absolute atomic E-state index is 15.7. The van der Waals surface area contributed by atoms with E-state index in [1.807, 2.05) is 46.3 Å². The third kappa shape index (κ3) is 28.4. The molecule has 7 N–H and O–H groups in total. The Morgan fingerprint density at radius 1 is 0.613 bits per heavy atom. The summed E-state index contributed by atoms with van der Waals surface area (Å²) in [6.45, 7) is 23.6. The Hall–Kier alpha value is -8.78. The number of piperidine rings is 1. The monoisotopic (exact) mass is 1580 g/mol. The number of sulfonamides is 1. The van der Waals surface area contributed by atoms with Crippen LogP contribution in [0.3, 0.4) is 0 Å². The molecule has 2 aliphatic heterocycles. The Morgan fingerprint density at radius 3 is 1.65 bits per heavy atom. The first-order valence-electron chi connectivity index (χ1n) is 38.7. The first-order chi connectivity index (χ1) is 51.8. The first-order valence-corrected chi connectivity index (χ1v) is 40.6. The van der Waals surface area contributed by atoms with E-state index in [1.165, 1.54) is 89.1 Å². The number of likely N-dealkylation sites (tertiary alicyclic amines) is 1. The first kappa shape index (κ1) is 94.6. The second kappa shape index (κ2) is 43.3. The van der Waals surface area contributed by atoms with Crippen molar-refractivity contribution in [3.05, 3.63) is 65.2 Å². The van der Waals surface area contributed by atoms with E-state index in [4.69, 9.17) is 9.47 Å². The van der Waals surface area contributed by atoms with E-state index < -0.39 is 191 Å². The Bertz CT molecular complexity index is 3660. The lowest BCUT2D eigenvalue weighted by atomic mass is 9.94. The molecule has 1 unspecified atom stereocenters. The number of rotatable bonds is 22. The summed E-state index contributed by atoms with van der Waals surface area (Å²) in [5.41, 5.74) is -0.316. The number of amides is 13. The molecular formula is C79H127N13O18S. The van der Waals surface area contributed by atoms with E-state index in [2.05, 4.69) is 26.6 Å². The van der Waals surface area contributed by atoms with Gasteiger partial charge in [-0.2, -0.15) is 0 Å². The van der Waals surface area contributed by atoms with Crippen LogP contribution in [0, 0.1) is 23.7 Å². The zero-order chi connectivity index (χ0) is 83.9. The smallest absolute Gasteiger partial charge is 0.268 e. The van der Waals surface area contributed by atoms with Crippen molar-refractivity contribution in [1.82, 2.24) is 65.6 Å². The average molecular weight is 1580 g/mol. The maximum atomic E-state index is 15.7. The highest BCUT2D eigenvalue weighted by Gasteiger charge is 2.45. The van der Waals surface area contributed by atoms with E-state index in [0.717, 1.165) is 32.3 Å². The van der Waals surface area contributed by atoms with Gasteiger partial charge in [-0.1, -0.05) is 112 Å². The Labute approximate surface area is 656 Å². The molecule has 0 bridgehead atoms. The van der Waals surface area contributed by atoms with Crippen LogP contribution in [-0.4, -0.2) is 278 Å². The number of methoxy groups -OCH3 is 1. The minimum Gasteiger partial charge on any atom is -0.496 e. The van der Waals surface area contributed by atoms with Gasteiger partial charge >= 0.3 is 0 Å². The summed E-state index contributed by atoms with van der Waals surface area (Å²) in [6, 6.07) is -2.23. The molecule has 2 aromatic rings. The van der Waals surface area contributed by atoms with Crippen LogP contribution in [-0.2, 0) is 85.1 Å². The number of likely N-dealkylation sites (N-methyl/N-ethyl adjacent to an activating group) is 5. The van der Waals surface area contributed by atoms with E-state index in [1.54, 1.807) is 71.9 Å². The van der Waals surface area contributed by atoms with Gasteiger partial charge < -0.3 is 75.5 Å². The fourth-order valence-electron chi connectivity index (χ4n) is 13.5. The zero-order valence-corrected chi connectivity index (χ0v) is 70.0. The minimum atomic E-state index is -4.07. The van der Waals surface area contributed by atoms with Crippen LogP contribution < -0.4 is 36.0 Å². The Balaban J connectivity index is 2.06. The molecule has 2 fully saturated rings. The highest BCUT2D eigenvalue weighted by molar-refractivity contribution is 7.89. The molecule has 0 radical (unpaired) electrons. The number of hydrogen-bond acceptors (Lipinski definition) is 18. The number of nitrogens with one attached hydrogen (secondary N) is 6. The quantitative estimate of drug-likeness (QED) is 0.0890. The molecule has 12 atom stereocenters. The van der Waals surface area contributed by atoms with Crippen molar-refractivity contribution in [2.75, 3.05) is 81.4 Å². The van der Waals surface area contributed by atoms with Crippen LogP contribution in [0.4, 0.5) is 0 Å². The van der Waals surface area contributed by atoms with Gasteiger partial charge in [0.2, 0.25) is 80.9 Å². The molecule has 2 saturated heterocycles. The molecular weight excluding hydrogens is 1450 g/mol. The summed E-state index contributed by atoms with van der Waals surface area (Å²) < 4.78 is 38.0. The van der Waals surface area contributed by atoms with Gasteiger partial charge in [-0.3, -0.25) is 62.3 Å². The summed E-state index contributed by atoms with van der Waals surface area (Å²) in [5, 5.41) is 25.4. The van der Waals surface area contributed by atoms with E-state index >= 15 is 43.2 Å². The summed E-state index contributed by atoms with van der Waals surface area (Å²) in [5.74, 6) is -12.3. The molecule has 4 rings (SSSR count). The fourth-order valence-corrected chi connectivity index (χ4v) is 14.0. The van der Waals surface area contributed by atoms with Gasteiger partial charge in [0.15, 0.2) is 0 Å². The molecule has 0 saturated carbocycles. The number of aliphatic hydroxyl groups excluding tert-OH is 1. The standard InChI is InChI=1S/C79H127N13O18S/c1-22-24-35-92-45-65(95)86(15)59(38-47(3)4)69(97)83-58(46-110-79(12,13)14)75(103)90(19)67(50(9)23-2)78(106)89(18)60(39-48(5)6)70(98)82-57(76(104)91-36-29-26-30-37-91)44-64(94)80-51(10)73(101)87(16)62(42-53-31-27-25-28-32-53)71(99)81-56(41-54-33-34-55(63(43-54)109-20)68(96)85-111(21,107)108)74(102)88(17)61(40-49(7)8)72(100)84-66(52(11)93)77(92)105/h25,27-28,31-34,43,47-52,56-62,66-67,93H,22-24,26,29-30,35-42,44-46H2,1-21H3,(H,80,94)(H,81,99)(H,82,98)(H,83,97)(H,84,100)(H,85,96)/t50-,51?,52+,56-,57-,58-,59-,60-,61-,62-,66-,67-/m0/s1. The largest absolute Gasteiger partial charge is 0.496 e. The van der Waals surface area contributed by atoms with Crippen molar-refractivity contribution in [1.29, 1.82) is 0 Å². The number of hydrogen-bond donors (Lipinski definition) is 7. The van der Waals surface area contributed by atoms with Crippen LogP contribution in [0.2, 0.25) is 0 Å². The number of carbonyl (C=O) groups excluding carboxylic acids is 13. The van der Waals surface area contributed by atoms with Crippen molar-refractivity contribution in [3.8, 4) is 5.75 Å². The number of nitrogens with zero attached hydrogens (tertiary/aromatic N) is 7. The van der Waals surface area contributed by atoms with Crippen LogP contribution in [0.5, 0.6) is 5.75 Å². The third-order valence-corrected chi connectivity index (χ3v) is 20.7. The molecule has 2 aromatic carbocycles. The lowest BCUT2D eigenvalue weighted by molar-refractivity contribution is -0.153. The molecule has 0 aliphatic carbocycles. The third-order valence-electron chi connectivity index (χ3n) is 20.1. The number of aliphatic hydroxyl groups is 1. The van der Waals surface area contributed by atoms with E-state index in [-0.39, 0.29) is 66.9 Å². The maximum Gasteiger partial charge on any atom is 0.268 e. The highest BCUT2D eigenvalue weighted by atomic mass is 32.2. The fraction of sp³-hybridized carbons (Fsp3) is 0.684. The van der Waals surface area contributed by atoms with Crippen LogP contribution in [0.1, 0.15) is 183 Å². The molecule has 2 heterocycles.